The number of nitrogens with one attached hydrogen (secondary N) is 1. The van der Waals surface area contributed by atoms with Crippen LogP contribution in [-0.2, 0) is 10.2 Å². The van der Waals surface area contributed by atoms with E-state index < -0.39 is 6.10 Å². The molecule has 1 aliphatic heterocycles. The molecule has 0 aromatic heterocycles. The lowest BCUT2D eigenvalue weighted by molar-refractivity contribution is -0.131. The normalized spacial score (nSPS) is 27.3. The summed E-state index contributed by atoms with van der Waals surface area (Å²) in [4.78, 5) is 26.7. The van der Waals surface area contributed by atoms with Crippen molar-refractivity contribution in [3.63, 3.8) is 0 Å². The third-order valence-corrected chi connectivity index (χ3v) is 7.07. The zero-order chi connectivity index (χ0) is 23.4. The number of aliphatic hydroxyl groups is 1. The molecule has 1 amide bonds. The maximum absolute atomic E-state index is 12.9. The average Bonchev–Trinajstić information content (AvgIpc) is 2.80. The van der Waals surface area contributed by atoms with Crippen LogP contribution in [0.1, 0.15) is 42.1 Å². The largest absolute Gasteiger partial charge is 0.427 e. The third-order valence-electron chi connectivity index (χ3n) is 7.07. The lowest BCUT2D eigenvalue weighted by Crippen LogP contribution is -2.61. The zero-order valence-electron chi connectivity index (χ0n) is 19.1. The minimum absolute atomic E-state index is 0.00338. The van der Waals surface area contributed by atoms with Gasteiger partial charge in [0.2, 0.25) is 0 Å². The van der Waals surface area contributed by atoms with Gasteiger partial charge in [-0.05, 0) is 55.6 Å². The van der Waals surface area contributed by atoms with Crippen LogP contribution in [-0.4, -0.2) is 53.7 Å². The molecule has 2 fully saturated rings. The summed E-state index contributed by atoms with van der Waals surface area (Å²) >= 11 is 0. The highest BCUT2D eigenvalue weighted by molar-refractivity contribution is 5.94. The van der Waals surface area contributed by atoms with Crippen LogP contribution in [0.25, 0.3) is 0 Å². The summed E-state index contributed by atoms with van der Waals surface area (Å²) in [5.74, 6) is 0.0214. The summed E-state index contributed by atoms with van der Waals surface area (Å²) in [7, 11) is 0. The standard InChI is InChI=1S/C27H32N2O4/c1-3-13-29-14-12-27(21-10-7-11-23(15-21)33-19(2)30)17-22(16-25(31)24(27)18-29)28-26(32)20-8-5-4-6-9-20/h3-11,15,22,24-25,31H,1,12-14,16-18H2,2H3,(H,28,32)/t22-,24-,25?,27-/m0/s1. The summed E-state index contributed by atoms with van der Waals surface area (Å²) in [5.41, 5.74) is 1.32. The number of nitrogens with zero attached hydrogens (tertiary/aromatic N) is 1. The summed E-state index contributed by atoms with van der Waals surface area (Å²) in [6, 6.07) is 16.7. The Morgan fingerprint density at radius 2 is 2.03 bits per heavy atom. The predicted molar refractivity (Wildman–Crippen MR) is 127 cm³/mol. The molecule has 1 saturated carbocycles. The van der Waals surface area contributed by atoms with Crippen molar-refractivity contribution in [2.75, 3.05) is 19.6 Å². The van der Waals surface area contributed by atoms with Crippen molar-refractivity contribution in [2.45, 2.75) is 43.7 Å². The highest BCUT2D eigenvalue weighted by atomic mass is 16.5. The van der Waals surface area contributed by atoms with Crippen LogP contribution in [0.4, 0.5) is 0 Å². The first-order chi connectivity index (χ1) is 15.9. The molecule has 33 heavy (non-hydrogen) atoms. The van der Waals surface area contributed by atoms with Crippen molar-refractivity contribution in [3.05, 3.63) is 78.4 Å². The Morgan fingerprint density at radius 1 is 1.24 bits per heavy atom. The first-order valence-corrected chi connectivity index (χ1v) is 11.6. The number of fused-ring (bicyclic) bond motifs is 1. The van der Waals surface area contributed by atoms with E-state index in [1.807, 2.05) is 36.4 Å². The van der Waals surface area contributed by atoms with Gasteiger partial charge in [0.25, 0.3) is 5.91 Å². The third kappa shape index (κ3) is 5.02. The molecule has 6 heteroatoms. The Morgan fingerprint density at radius 3 is 2.76 bits per heavy atom. The minimum atomic E-state index is -0.565. The maximum atomic E-state index is 12.9. The molecule has 0 spiro atoms. The number of benzene rings is 2. The number of aliphatic hydroxyl groups excluding tert-OH is 1. The van der Waals surface area contributed by atoms with Gasteiger partial charge in [0.1, 0.15) is 5.75 Å². The molecule has 174 valence electrons. The Labute approximate surface area is 195 Å². The van der Waals surface area contributed by atoms with Crippen LogP contribution < -0.4 is 10.1 Å². The lowest BCUT2D eigenvalue weighted by Gasteiger charge is -2.54. The monoisotopic (exact) mass is 448 g/mol. The molecule has 1 unspecified atom stereocenters. The maximum Gasteiger partial charge on any atom is 0.308 e. The first kappa shape index (κ1) is 23.2. The number of hydrogen-bond acceptors (Lipinski definition) is 5. The Bertz CT molecular complexity index is 1010. The number of carbonyl (C=O) groups excluding carboxylic acids is 2. The fraction of sp³-hybridized carbons (Fsp3) is 0.407. The number of piperidine rings is 1. The fourth-order valence-electron chi connectivity index (χ4n) is 5.64. The van der Waals surface area contributed by atoms with Gasteiger partial charge in [-0.15, -0.1) is 6.58 Å². The molecule has 0 radical (unpaired) electrons. The molecule has 0 bridgehead atoms. The predicted octanol–water partition coefficient (Wildman–Crippen LogP) is 3.31. The van der Waals surface area contributed by atoms with E-state index in [0.717, 1.165) is 38.0 Å². The number of esters is 1. The van der Waals surface area contributed by atoms with Crippen LogP contribution in [0.2, 0.25) is 0 Å². The van der Waals surface area contributed by atoms with E-state index in [0.29, 0.717) is 17.7 Å². The fourth-order valence-corrected chi connectivity index (χ4v) is 5.64. The van der Waals surface area contributed by atoms with Crippen LogP contribution in [0.3, 0.4) is 0 Å². The van der Waals surface area contributed by atoms with Crippen molar-refractivity contribution in [3.8, 4) is 5.75 Å². The molecule has 4 rings (SSSR count). The second-order valence-electron chi connectivity index (χ2n) is 9.23. The van der Waals surface area contributed by atoms with E-state index in [9.17, 15) is 14.7 Å². The SMILES string of the molecule is C=CCN1CC[C@@]2(c3cccc(OC(C)=O)c3)C[C@@H](NC(=O)c3ccccc3)CC(O)[C@@H]2C1. The van der Waals surface area contributed by atoms with Crippen molar-refractivity contribution in [2.24, 2.45) is 5.92 Å². The number of carbonyl (C=O) groups is 2. The van der Waals surface area contributed by atoms with Crippen LogP contribution in [0.15, 0.2) is 67.3 Å². The van der Waals surface area contributed by atoms with E-state index in [1.165, 1.54) is 6.92 Å². The average molecular weight is 449 g/mol. The molecule has 1 saturated heterocycles. The molecule has 2 aromatic carbocycles. The Kier molecular flexibility index (Phi) is 6.96. The second-order valence-corrected chi connectivity index (χ2v) is 9.23. The van der Waals surface area contributed by atoms with Gasteiger partial charge >= 0.3 is 5.97 Å². The minimum Gasteiger partial charge on any atom is -0.427 e. The van der Waals surface area contributed by atoms with Crippen molar-refractivity contribution >= 4 is 11.9 Å². The molecule has 1 aliphatic carbocycles. The summed E-state index contributed by atoms with van der Waals surface area (Å²) in [6.07, 6.45) is 3.40. The second kappa shape index (κ2) is 9.89. The molecular weight excluding hydrogens is 416 g/mol. The van der Waals surface area contributed by atoms with Gasteiger partial charge in [0, 0.05) is 43.0 Å². The summed E-state index contributed by atoms with van der Waals surface area (Å²) in [6.45, 7) is 7.66. The van der Waals surface area contributed by atoms with Gasteiger partial charge in [0.15, 0.2) is 0 Å². The number of likely N-dealkylation sites (tertiary alicyclic amines) is 1. The molecule has 6 nitrogen and oxygen atoms in total. The zero-order valence-corrected chi connectivity index (χ0v) is 19.1. The van der Waals surface area contributed by atoms with Crippen molar-refractivity contribution < 1.29 is 19.4 Å². The van der Waals surface area contributed by atoms with Gasteiger partial charge in [-0.25, -0.2) is 0 Å². The molecule has 2 aromatic rings. The summed E-state index contributed by atoms with van der Waals surface area (Å²) < 4.78 is 5.36. The van der Waals surface area contributed by atoms with E-state index in [2.05, 4.69) is 22.9 Å². The number of hydrogen-bond donors (Lipinski definition) is 2. The van der Waals surface area contributed by atoms with Crippen molar-refractivity contribution in [1.82, 2.24) is 10.2 Å². The molecule has 4 atom stereocenters. The topological polar surface area (TPSA) is 78.9 Å². The van der Waals surface area contributed by atoms with Gasteiger partial charge < -0.3 is 15.2 Å². The highest BCUT2D eigenvalue weighted by Gasteiger charge is 2.52. The van der Waals surface area contributed by atoms with Crippen molar-refractivity contribution in [1.29, 1.82) is 0 Å². The van der Waals surface area contributed by atoms with E-state index in [-0.39, 0.29) is 29.3 Å². The van der Waals surface area contributed by atoms with Crippen LogP contribution in [0, 0.1) is 5.92 Å². The van der Waals surface area contributed by atoms with E-state index in [4.69, 9.17) is 4.74 Å². The molecule has 2 N–H and O–H groups in total. The molecule has 1 heterocycles. The van der Waals surface area contributed by atoms with Gasteiger partial charge in [-0.1, -0.05) is 36.4 Å². The van der Waals surface area contributed by atoms with Crippen LogP contribution >= 0.6 is 0 Å². The van der Waals surface area contributed by atoms with Crippen LogP contribution in [0.5, 0.6) is 5.75 Å². The quantitative estimate of drug-likeness (QED) is 0.403. The molecule has 2 aliphatic rings. The number of rotatable bonds is 6. The van der Waals surface area contributed by atoms with Gasteiger partial charge in [-0.3, -0.25) is 14.5 Å². The lowest BCUT2D eigenvalue weighted by atomic mass is 9.57. The smallest absolute Gasteiger partial charge is 0.308 e. The number of ether oxygens (including phenoxy) is 1. The summed E-state index contributed by atoms with van der Waals surface area (Å²) in [5, 5.41) is 14.5. The van der Waals surface area contributed by atoms with E-state index in [1.54, 1.807) is 18.2 Å². The highest BCUT2D eigenvalue weighted by Crippen LogP contribution is 2.49. The number of amides is 1. The first-order valence-electron chi connectivity index (χ1n) is 11.6. The van der Waals surface area contributed by atoms with Gasteiger partial charge in [0.05, 0.1) is 6.10 Å². The van der Waals surface area contributed by atoms with Gasteiger partial charge in [-0.2, -0.15) is 0 Å². The Balaban J connectivity index is 1.65. The van der Waals surface area contributed by atoms with E-state index >= 15 is 0 Å². The molecular formula is C27H32N2O4. The Hall–Kier alpha value is -2.96.